The zero-order chi connectivity index (χ0) is 44.7. The molecule has 0 amide bonds. The molecule has 0 aromatic heterocycles. The Morgan fingerprint density at radius 2 is 0.918 bits per heavy atom. The number of hydrogen-bond acceptors (Lipinski definition) is 10. The van der Waals surface area contributed by atoms with Crippen LogP contribution < -0.4 is 0 Å². The third-order valence-corrected chi connectivity index (χ3v) is 10.9. The van der Waals surface area contributed by atoms with Crippen LogP contribution in [0.2, 0.25) is 0 Å². The maximum absolute atomic E-state index is 13.0. The number of carbonyl (C=O) groups is 3. The molecule has 0 saturated carbocycles. The van der Waals surface area contributed by atoms with Crippen LogP contribution >= 0.6 is 0 Å². The Labute approximate surface area is 375 Å². The van der Waals surface area contributed by atoms with Crippen molar-refractivity contribution in [1.29, 1.82) is 0 Å². The van der Waals surface area contributed by atoms with E-state index in [4.69, 9.17) is 28.4 Å². The number of allylic oxidation sites excluding steroid dienone is 4. The van der Waals surface area contributed by atoms with Gasteiger partial charge < -0.3 is 33.3 Å². The summed E-state index contributed by atoms with van der Waals surface area (Å²) in [5, 5.41) is 0. The van der Waals surface area contributed by atoms with Crippen molar-refractivity contribution < 1.29 is 42.8 Å². The van der Waals surface area contributed by atoms with Gasteiger partial charge in [-0.1, -0.05) is 162 Å². The van der Waals surface area contributed by atoms with Crippen molar-refractivity contribution >= 4 is 18.1 Å². The Hall–Kier alpha value is -2.43. The Kier molecular flexibility index (Phi) is 45.2. The van der Waals surface area contributed by atoms with Crippen LogP contribution in [-0.2, 0) is 38.0 Å². The van der Waals surface area contributed by atoms with Crippen molar-refractivity contribution in [2.45, 2.75) is 221 Å². The fourth-order valence-corrected chi connectivity index (χ4v) is 6.82. The third-order valence-electron chi connectivity index (χ3n) is 10.9. The van der Waals surface area contributed by atoms with Gasteiger partial charge in [-0.3, -0.25) is 9.59 Å². The van der Waals surface area contributed by atoms with E-state index in [9.17, 15) is 14.4 Å². The van der Waals surface area contributed by atoms with Crippen LogP contribution in [0.15, 0.2) is 24.3 Å². The van der Waals surface area contributed by atoms with Crippen molar-refractivity contribution in [2.24, 2.45) is 5.92 Å². The smallest absolute Gasteiger partial charge is 0.465 e. The van der Waals surface area contributed by atoms with Crippen molar-refractivity contribution in [2.75, 3.05) is 59.3 Å². The largest absolute Gasteiger partial charge is 0.508 e. The van der Waals surface area contributed by atoms with Crippen LogP contribution in [0.3, 0.4) is 0 Å². The molecule has 61 heavy (non-hydrogen) atoms. The van der Waals surface area contributed by atoms with Gasteiger partial charge in [0, 0.05) is 32.6 Å². The number of esters is 2. The van der Waals surface area contributed by atoms with Crippen LogP contribution in [0.5, 0.6) is 0 Å². The molecule has 0 heterocycles. The summed E-state index contributed by atoms with van der Waals surface area (Å²) in [5.41, 5.74) is 0. The second kappa shape index (κ2) is 47.1. The fourth-order valence-electron chi connectivity index (χ4n) is 6.82. The highest BCUT2D eigenvalue weighted by molar-refractivity contribution is 5.69. The lowest BCUT2D eigenvalue weighted by Crippen LogP contribution is -2.28. The maximum Gasteiger partial charge on any atom is 0.508 e. The average molecular weight is 866 g/mol. The summed E-state index contributed by atoms with van der Waals surface area (Å²) < 4.78 is 34.1. The molecular formula is C51H95NO9. The molecule has 358 valence electrons. The van der Waals surface area contributed by atoms with Crippen molar-refractivity contribution in [3.05, 3.63) is 24.3 Å². The van der Waals surface area contributed by atoms with Crippen LogP contribution in [0.25, 0.3) is 0 Å². The molecule has 0 aliphatic rings. The highest BCUT2D eigenvalue weighted by Gasteiger charge is 2.20. The van der Waals surface area contributed by atoms with Crippen LogP contribution in [0, 0.1) is 5.92 Å². The van der Waals surface area contributed by atoms with Gasteiger partial charge in [0.05, 0.1) is 18.9 Å². The van der Waals surface area contributed by atoms with E-state index >= 15 is 0 Å². The summed E-state index contributed by atoms with van der Waals surface area (Å²) in [6, 6.07) is 0. The fraction of sp³-hybridized carbons (Fsp3) is 0.863. The quantitative estimate of drug-likeness (QED) is 0.0193. The molecular weight excluding hydrogens is 771 g/mol. The van der Waals surface area contributed by atoms with Crippen LogP contribution in [0.4, 0.5) is 4.79 Å². The van der Waals surface area contributed by atoms with Crippen LogP contribution in [-0.4, -0.2) is 88.6 Å². The molecule has 0 rings (SSSR count). The molecule has 0 aliphatic carbocycles. The average Bonchev–Trinajstić information content (AvgIpc) is 3.26. The third kappa shape index (κ3) is 42.6. The van der Waals surface area contributed by atoms with Crippen molar-refractivity contribution in [3.8, 4) is 0 Å². The van der Waals surface area contributed by atoms with E-state index in [1.165, 1.54) is 83.5 Å². The molecule has 2 atom stereocenters. The van der Waals surface area contributed by atoms with E-state index in [1.54, 1.807) is 0 Å². The first-order valence-electron chi connectivity index (χ1n) is 25.3. The normalized spacial score (nSPS) is 12.7. The number of hydrogen-bond donors (Lipinski definition) is 0. The van der Waals surface area contributed by atoms with Crippen molar-refractivity contribution in [3.63, 3.8) is 0 Å². The molecule has 0 aromatic carbocycles. The van der Waals surface area contributed by atoms with E-state index in [-0.39, 0.29) is 38.8 Å². The predicted molar refractivity (Wildman–Crippen MR) is 251 cm³/mol. The molecule has 0 saturated heterocycles. The number of carbonyl (C=O) groups excluding carboxylic acids is 3. The highest BCUT2D eigenvalue weighted by Crippen LogP contribution is 2.14. The summed E-state index contributed by atoms with van der Waals surface area (Å²) in [6.45, 7) is 14.9. The number of nitrogens with zero attached hydrogens (tertiary/aromatic N) is 1. The Balaban J connectivity index is 4.86. The lowest BCUT2D eigenvalue weighted by Gasteiger charge is -2.20. The Bertz CT molecular complexity index is 1030. The summed E-state index contributed by atoms with van der Waals surface area (Å²) >= 11 is 0. The molecule has 0 bridgehead atoms. The zero-order valence-electron chi connectivity index (χ0n) is 40.2. The van der Waals surface area contributed by atoms with Crippen molar-refractivity contribution in [1.82, 2.24) is 4.90 Å². The van der Waals surface area contributed by atoms with Gasteiger partial charge >= 0.3 is 18.1 Å². The first-order chi connectivity index (χ1) is 29.9. The lowest BCUT2D eigenvalue weighted by molar-refractivity contribution is -0.161. The summed E-state index contributed by atoms with van der Waals surface area (Å²) in [4.78, 5) is 40.3. The van der Waals surface area contributed by atoms with Crippen LogP contribution in [0.1, 0.15) is 214 Å². The maximum atomic E-state index is 13.0. The second-order valence-electron chi connectivity index (χ2n) is 16.6. The number of rotatable bonds is 46. The zero-order valence-corrected chi connectivity index (χ0v) is 40.2. The van der Waals surface area contributed by atoms with Gasteiger partial charge in [0.2, 0.25) is 0 Å². The molecule has 0 aliphatic heterocycles. The molecule has 0 fully saturated rings. The molecule has 0 N–H and O–H groups in total. The van der Waals surface area contributed by atoms with E-state index in [0.29, 0.717) is 32.5 Å². The molecule has 0 spiro atoms. The van der Waals surface area contributed by atoms with Gasteiger partial charge in [0.15, 0.2) is 6.29 Å². The van der Waals surface area contributed by atoms with E-state index in [1.807, 2.05) is 0 Å². The summed E-state index contributed by atoms with van der Waals surface area (Å²) in [7, 11) is 0. The molecule has 0 aromatic rings. The van der Waals surface area contributed by atoms with Gasteiger partial charge in [0.1, 0.15) is 19.8 Å². The second-order valence-corrected chi connectivity index (χ2v) is 16.6. The SMILES string of the molecule is CCCCC/C=C\C/C=C\CCCCCCCC(=O)OCC(COC(=O)CCC(OCCCCCCCC)OCCCCCCCCC)COC(=O)OCCCN(CC)CC. The van der Waals surface area contributed by atoms with Gasteiger partial charge in [-0.25, -0.2) is 4.79 Å². The standard InChI is InChI=1S/C51H95NO9/c1-6-11-14-17-20-21-22-23-24-25-26-27-28-30-33-37-48(53)59-44-47(46-61-51(55)58-43-36-40-52(9-4)10-5)45-60-49(54)38-39-50(56-41-34-31-19-16-13-8-3)57-42-35-32-29-18-15-12-7-2/h20-21,23-24,47,50H,6-19,22,25-46H2,1-5H3/b21-20-,24-23-. The minimum atomic E-state index is -0.782. The van der Waals surface area contributed by atoms with Gasteiger partial charge in [-0.2, -0.15) is 0 Å². The summed E-state index contributed by atoms with van der Waals surface area (Å²) in [5.74, 6) is -1.22. The minimum absolute atomic E-state index is 0.0207. The lowest BCUT2D eigenvalue weighted by atomic mass is 10.1. The summed E-state index contributed by atoms with van der Waals surface area (Å²) in [6.07, 6.45) is 37.1. The predicted octanol–water partition coefficient (Wildman–Crippen LogP) is 13.6. The van der Waals surface area contributed by atoms with E-state index < -0.39 is 24.3 Å². The van der Waals surface area contributed by atoms with E-state index in [2.05, 4.69) is 63.8 Å². The number of unbranched alkanes of at least 4 members (excludes halogenated alkanes) is 19. The first-order valence-corrected chi connectivity index (χ1v) is 25.3. The van der Waals surface area contributed by atoms with E-state index in [0.717, 1.165) is 90.3 Å². The number of ether oxygens (including phenoxy) is 6. The highest BCUT2D eigenvalue weighted by atomic mass is 16.7. The van der Waals surface area contributed by atoms with Gasteiger partial charge in [-0.15, -0.1) is 0 Å². The Morgan fingerprint density at radius 1 is 0.459 bits per heavy atom. The minimum Gasteiger partial charge on any atom is -0.465 e. The first kappa shape index (κ1) is 58.6. The monoisotopic (exact) mass is 866 g/mol. The topological polar surface area (TPSA) is 110 Å². The van der Waals surface area contributed by atoms with Gasteiger partial charge in [-0.05, 0) is 70.9 Å². The van der Waals surface area contributed by atoms with Gasteiger partial charge in [0.25, 0.3) is 0 Å². The molecule has 2 unspecified atom stereocenters. The molecule has 0 radical (unpaired) electrons. The molecule has 10 heteroatoms. The molecule has 10 nitrogen and oxygen atoms in total. The Morgan fingerprint density at radius 3 is 1.48 bits per heavy atom.